The van der Waals surface area contributed by atoms with Crippen LogP contribution in [0, 0.1) is 0 Å². The number of nitrogens with zero attached hydrogens (tertiary/aromatic N) is 1. The van der Waals surface area contributed by atoms with Crippen LogP contribution in [0.2, 0.25) is 0 Å². The summed E-state index contributed by atoms with van der Waals surface area (Å²) in [4.78, 5) is 37.9. The van der Waals surface area contributed by atoms with Crippen LogP contribution in [0.25, 0.3) is 0 Å². The summed E-state index contributed by atoms with van der Waals surface area (Å²) >= 11 is 0. The Hall–Kier alpha value is -3.33. The van der Waals surface area contributed by atoms with Crippen molar-refractivity contribution in [2.24, 2.45) is 0 Å². The molecule has 0 radical (unpaired) electrons. The summed E-state index contributed by atoms with van der Waals surface area (Å²) in [5, 5.41) is 0. The SMILES string of the molecule is CC/C=C\C/C=C\C/C=C\C/C=C\C/C=C\C/C=C\C/C=C\C/C=C\C/C=C\CCCCCC(=O)OC(COC(=O)CCCCCCCCCCCCCCCCCCCCCCC)COP(=O)([O-])OCC[N+](C)(C)C. The normalized spacial score (nSPS) is 14.0. The van der Waals surface area contributed by atoms with Crippen molar-refractivity contribution in [1.82, 2.24) is 0 Å². The van der Waals surface area contributed by atoms with Gasteiger partial charge in [-0.2, -0.15) is 0 Å². The molecule has 0 aromatic heterocycles. The number of phosphoric acid groups is 1. The lowest BCUT2D eigenvalue weighted by Gasteiger charge is -2.28. The van der Waals surface area contributed by atoms with Gasteiger partial charge in [0.05, 0.1) is 27.7 Å². The Balaban J connectivity index is 4.25. The molecule has 0 saturated carbocycles. The van der Waals surface area contributed by atoms with Crippen molar-refractivity contribution in [3.8, 4) is 0 Å². The Morgan fingerprint density at radius 2 is 0.750 bits per heavy atom. The molecule has 0 aliphatic carbocycles. The zero-order chi connectivity index (χ0) is 55.6. The molecule has 10 heteroatoms. The summed E-state index contributed by atoms with van der Waals surface area (Å²) in [7, 11) is 1.13. The number of likely N-dealkylation sites (N-methyl/N-ethyl adjacent to an activating group) is 1. The second-order valence-electron chi connectivity index (χ2n) is 21.3. The lowest BCUT2D eigenvalue weighted by Crippen LogP contribution is -2.37. The van der Waals surface area contributed by atoms with Crippen molar-refractivity contribution in [2.75, 3.05) is 47.5 Å². The Bertz CT molecular complexity index is 1650. The second kappa shape index (κ2) is 56.4. The van der Waals surface area contributed by atoms with Crippen molar-refractivity contribution >= 4 is 19.8 Å². The summed E-state index contributed by atoms with van der Waals surface area (Å²) in [5.41, 5.74) is 0. The summed E-state index contributed by atoms with van der Waals surface area (Å²) in [6.45, 7) is 4.10. The molecule has 0 amide bonds. The van der Waals surface area contributed by atoms with Gasteiger partial charge in [0.15, 0.2) is 6.10 Å². The van der Waals surface area contributed by atoms with E-state index in [1.165, 1.54) is 116 Å². The minimum atomic E-state index is -4.65. The number of carbonyl (C=O) groups is 2. The maximum atomic E-state index is 12.8. The van der Waals surface area contributed by atoms with Crippen LogP contribution in [0.1, 0.15) is 245 Å². The maximum absolute atomic E-state index is 12.8. The van der Waals surface area contributed by atoms with E-state index in [0.29, 0.717) is 17.4 Å². The van der Waals surface area contributed by atoms with E-state index in [9.17, 15) is 19.0 Å². The zero-order valence-corrected chi connectivity index (χ0v) is 50.3. The number of rotatable bonds is 55. The monoisotopic (exact) mass is 1080 g/mol. The number of carbonyl (C=O) groups excluding carboxylic acids is 2. The maximum Gasteiger partial charge on any atom is 0.306 e. The van der Waals surface area contributed by atoms with Crippen molar-refractivity contribution in [2.45, 2.75) is 251 Å². The molecule has 76 heavy (non-hydrogen) atoms. The molecule has 0 aliphatic heterocycles. The van der Waals surface area contributed by atoms with Crippen molar-refractivity contribution in [3.63, 3.8) is 0 Å². The molecule has 0 aliphatic rings. The molecule has 0 aromatic rings. The third-order valence-corrected chi connectivity index (χ3v) is 13.8. The number of esters is 2. The van der Waals surface area contributed by atoms with Crippen LogP contribution < -0.4 is 4.89 Å². The van der Waals surface area contributed by atoms with Gasteiger partial charge in [-0.3, -0.25) is 14.2 Å². The van der Waals surface area contributed by atoms with Gasteiger partial charge < -0.3 is 27.9 Å². The third kappa shape index (κ3) is 59.9. The number of unbranched alkanes of at least 4 members (excludes halogenated alkanes) is 23. The van der Waals surface area contributed by atoms with E-state index < -0.39 is 32.5 Å². The van der Waals surface area contributed by atoms with Crippen LogP contribution >= 0.6 is 7.82 Å². The topological polar surface area (TPSA) is 111 Å². The number of allylic oxidation sites excluding steroid dienone is 18. The van der Waals surface area contributed by atoms with E-state index in [4.69, 9.17) is 18.5 Å². The predicted molar refractivity (Wildman–Crippen MR) is 323 cm³/mol. The minimum Gasteiger partial charge on any atom is -0.756 e. The summed E-state index contributed by atoms with van der Waals surface area (Å²) < 4.78 is 34.2. The van der Waals surface area contributed by atoms with Crippen LogP contribution in [0.15, 0.2) is 109 Å². The Morgan fingerprint density at radius 1 is 0.421 bits per heavy atom. The van der Waals surface area contributed by atoms with Gasteiger partial charge in [-0.1, -0.05) is 258 Å². The fourth-order valence-electron chi connectivity index (χ4n) is 8.12. The highest BCUT2D eigenvalue weighted by atomic mass is 31.2. The number of phosphoric ester groups is 1. The van der Waals surface area contributed by atoms with Crippen LogP contribution in [-0.2, 0) is 32.7 Å². The standard InChI is InChI=1S/C66H114NO8P/c1-6-8-10-12-14-16-18-20-22-24-26-28-29-30-31-32-33-34-35-36-37-39-41-43-45-47-49-51-53-55-57-59-66(69)75-64(63-74-76(70,71)73-61-60-67(3,4)5)62-72-65(68)58-56-54-52-50-48-46-44-42-40-38-27-25-23-21-19-17-15-13-11-9-7-2/h8,10,14,16,20,22,26,28,30-31,33-34,36-37,41,43,47,49,64H,6-7,9,11-13,15,17-19,21,23-25,27,29,32,35,38-40,42,44-46,48,50-63H2,1-5H3/b10-8-,16-14-,22-20-,28-26-,31-30-,34-33-,37-36-,43-41-,49-47-. The minimum absolute atomic E-state index is 0.0421. The fraction of sp³-hybridized carbons (Fsp3) is 0.697. The molecule has 436 valence electrons. The van der Waals surface area contributed by atoms with E-state index in [-0.39, 0.29) is 26.1 Å². The van der Waals surface area contributed by atoms with E-state index in [1.54, 1.807) is 0 Å². The van der Waals surface area contributed by atoms with Crippen LogP contribution in [0.5, 0.6) is 0 Å². The van der Waals surface area contributed by atoms with Crippen molar-refractivity contribution in [1.29, 1.82) is 0 Å². The summed E-state index contributed by atoms with van der Waals surface area (Å²) in [6, 6.07) is 0. The van der Waals surface area contributed by atoms with Crippen LogP contribution in [0.3, 0.4) is 0 Å². The molecule has 0 aromatic carbocycles. The molecular formula is C66H114NO8P. The van der Waals surface area contributed by atoms with E-state index >= 15 is 0 Å². The molecule has 0 heterocycles. The van der Waals surface area contributed by atoms with Crippen molar-refractivity contribution in [3.05, 3.63) is 109 Å². The first kappa shape index (κ1) is 72.7. The summed E-state index contributed by atoms with van der Waals surface area (Å²) in [6.07, 6.45) is 78.5. The number of hydrogen-bond acceptors (Lipinski definition) is 8. The largest absolute Gasteiger partial charge is 0.756 e. The van der Waals surface area contributed by atoms with E-state index in [2.05, 4.69) is 123 Å². The zero-order valence-electron chi connectivity index (χ0n) is 49.4. The number of hydrogen-bond donors (Lipinski definition) is 0. The Kier molecular flexibility index (Phi) is 53.9. The lowest BCUT2D eigenvalue weighted by molar-refractivity contribution is -0.870. The van der Waals surface area contributed by atoms with Gasteiger partial charge in [0.2, 0.25) is 0 Å². The van der Waals surface area contributed by atoms with Gasteiger partial charge in [-0.15, -0.1) is 0 Å². The molecule has 2 unspecified atom stereocenters. The molecule has 9 nitrogen and oxygen atoms in total. The highest BCUT2D eigenvalue weighted by Crippen LogP contribution is 2.38. The van der Waals surface area contributed by atoms with Gasteiger partial charge in [-0.05, 0) is 83.5 Å². The highest BCUT2D eigenvalue weighted by molar-refractivity contribution is 7.45. The molecule has 0 saturated heterocycles. The molecule has 0 bridgehead atoms. The molecular weight excluding hydrogens is 966 g/mol. The van der Waals surface area contributed by atoms with Gasteiger partial charge in [0, 0.05) is 12.8 Å². The van der Waals surface area contributed by atoms with Gasteiger partial charge in [0.25, 0.3) is 7.82 Å². The molecule has 0 N–H and O–H groups in total. The average molecular weight is 1080 g/mol. The Morgan fingerprint density at radius 3 is 1.12 bits per heavy atom. The lowest BCUT2D eigenvalue weighted by atomic mass is 10.0. The van der Waals surface area contributed by atoms with Crippen molar-refractivity contribution < 1.29 is 42.1 Å². The fourth-order valence-corrected chi connectivity index (χ4v) is 8.85. The molecule has 0 fully saturated rings. The molecule has 2 atom stereocenters. The van der Waals surface area contributed by atoms with Crippen LogP contribution in [0.4, 0.5) is 0 Å². The Labute approximate surface area is 467 Å². The number of ether oxygens (including phenoxy) is 2. The quantitative estimate of drug-likeness (QED) is 0.0195. The third-order valence-electron chi connectivity index (χ3n) is 12.8. The van der Waals surface area contributed by atoms with E-state index in [0.717, 1.165) is 96.3 Å². The molecule has 0 rings (SSSR count). The first-order chi connectivity index (χ1) is 37.0. The smallest absolute Gasteiger partial charge is 0.306 e. The van der Waals surface area contributed by atoms with Crippen LogP contribution in [-0.4, -0.2) is 70.0 Å². The number of quaternary nitrogens is 1. The average Bonchev–Trinajstić information content (AvgIpc) is 3.38. The van der Waals surface area contributed by atoms with E-state index in [1.807, 2.05) is 21.1 Å². The predicted octanol–water partition coefficient (Wildman–Crippen LogP) is 18.7. The molecule has 0 spiro atoms. The summed E-state index contributed by atoms with van der Waals surface area (Å²) in [5.74, 6) is -0.871. The van der Waals surface area contributed by atoms with Gasteiger partial charge >= 0.3 is 11.9 Å². The van der Waals surface area contributed by atoms with Gasteiger partial charge in [-0.25, -0.2) is 0 Å². The second-order valence-corrected chi connectivity index (χ2v) is 22.8. The highest BCUT2D eigenvalue weighted by Gasteiger charge is 2.22. The first-order valence-electron chi connectivity index (χ1n) is 30.6. The first-order valence-corrected chi connectivity index (χ1v) is 32.1. The van der Waals surface area contributed by atoms with Gasteiger partial charge in [0.1, 0.15) is 19.8 Å².